The third kappa shape index (κ3) is 5.45. The number of rotatable bonds is 6. The summed E-state index contributed by atoms with van der Waals surface area (Å²) in [5, 5.41) is 5.37. The lowest BCUT2D eigenvalue weighted by atomic mass is 9.89. The molecule has 0 spiro atoms. The quantitative estimate of drug-likeness (QED) is 0.405. The molecule has 3 rings (SSSR count). The number of hydrogen-bond donors (Lipinski definition) is 3. The van der Waals surface area contributed by atoms with Crippen molar-refractivity contribution >= 4 is 46.1 Å². The number of ether oxygens (including phenoxy) is 1. The van der Waals surface area contributed by atoms with E-state index in [1.807, 2.05) is 0 Å². The summed E-state index contributed by atoms with van der Waals surface area (Å²) in [6.45, 7) is 5.30. The molecule has 0 aromatic carbocycles. The maximum Gasteiger partial charge on any atom is 0.408 e. The van der Waals surface area contributed by atoms with Gasteiger partial charge in [0.2, 0.25) is 11.9 Å². The first kappa shape index (κ1) is 21.1. The molecule has 2 aliphatic carbocycles. The highest BCUT2D eigenvalue weighted by molar-refractivity contribution is 14.1. The van der Waals surface area contributed by atoms with Crippen LogP contribution in [0.25, 0.3) is 0 Å². The molecule has 1 atom stereocenters. The van der Waals surface area contributed by atoms with Crippen molar-refractivity contribution in [1.29, 1.82) is 0 Å². The van der Waals surface area contributed by atoms with Gasteiger partial charge in [0, 0.05) is 6.07 Å². The number of alkyl carbamates (subject to hydrolysis) is 1. The van der Waals surface area contributed by atoms with E-state index < -0.39 is 29.6 Å². The molecule has 2 amide bonds. The van der Waals surface area contributed by atoms with Crippen molar-refractivity contribution in [1.82, 2.24) is 10.3 Å². The Kier molecular flexibility index (Phi) is 6.02. The fourth-order valence-electron chi connectivity index (χ4n) is 3.45. The van der Waals surface area contributed by atoms with Crippen LogP contribution in [0.2, 0.25) is 0 Å². The second-order valence-corrected chi connectivity index (χ2v) is 9.65. The molecule has 0 unspecified atom stereocenters. The summed E-state index contributed by atoms with van der Waals surface area (Å²) in [7, 11) is 0. The SMILES string of the molecule is CC(C)(C)OC(=O)N[C@H](C(=O)Nc1cc(N)c(I)c(F)n1)C(C1CC1)C1CC1. The Bertz CT molecular complexity index is 740. The normalized spacial score (nSPS) is 17.9. The number of carbonyl (C=O) groups is 2. The van der Waals surface area contributed by atoms with Crippen molar-refractivity contribution in [2.24, 2.45) is 17.8 Å². The highest BCUT2D eigenvalue weighted by atomic mass is 127. The van der Waals surface area contributed by atoms with Crippen LogP contribution in [-0.2, 0) is 9.53 Å². The molecule has 2 saturated carbocycles. The van der Waals surface area contributed by atoms with Crippen LogP contribution in [-0.4, -0.2) is 28.6 Å². The van der Waals surface area contributed by atoms with Crippen LogP contribution in [0.4, 0.5) is 20.7 Å². The number of nitrogens with one attached hydrogen (secondary N) is 2. The Morgan fingerprint density at radius 1 is 1.29 bits per heavy atom. The van der Waals surface area contributed by atoms with E-state index >= 15 is 0 Å². The molecular formula is C19H26FIN4O3. The van der Waals surface area contributed by atoms with Gasteiger partial charge in [-0.3, -0.25) is 4.79 Å². The van der Waals surface area contributed by atoms with Gasteiger partial charge < -0.3 is 21.1 Å². The van der Waals surface area contributed by atoms with E-state index in [0.717, 1.165) is 25.7 Å². The van der Waals surface area contributed by atoms with E-state index in [-0.39, 0.29) is 21.0 Å². The standard InChI is InChI=1S/C19H26FIN4O3/c1-19(2,3)28-18(27)25-15(13(9-4-5-9)10-6-7-10)17(26)24-12-8-11(22)14(21)16(20)23-12/h8-10,13,15H,4-7H2,1-3H3,(H,25,27)(H3,22,23,24,26)/t15-/m0/s1. The maximum atomic E-state index is 13.9. The molecule has 1 aromatic heterocycles. The Morgan fingerprint density at radius 2 is 1.86 bits per heavy atom. The van der Waals surface area contributed by atoms with Gasteiger partial charge in [-0.05, 0) is 86.8 Å². The molecule has 154 valence electrons. The number of nitrogens with zero attached hydrogens (tertiary/aromatic N) is 1. The summed E-state index contributed by atoms with van der Waals surface area (Å²) in [6.07, 6.45) is 3.55. The number of nitrogen functional groups attached to an aromatic ring is 1. The Balaban J connectivity index is 1.79. The summed E-state index contributed by atoms with van der Waals surface area (Å²) >= 11 is 1.76. The van der Waals surface area contributed by atoms with Crippen molar-refractivity contribution in [3.8, 4) is 0 Å². The lowest BCUT2D eigenvalue weighted by molar-refractivity contribution is -0.120. The first-order valence-electron chi connectivity index (χ1n) is 9.47. The monoisotopic (exact) mass is 504 g/mol. The van der Waals surface area contributed by atoms with Crippen molar-refractivity contribution < 1.29 is 18.7 Å². The lowest BCUT2D eigenvalue weighted by Crippen LogP contribution is -2.51. The minimum Gasteiger partial charge on any atom is -0.444 e. The van der Waals surface area contributed by atoms with Crippen LogP contribution in [0.3, 0.4) is 0 Å². The zero-order chi connectivity index (χ0) is 20.6. The molecule has 28 heavy (non-hydrogen) atoms. The summed E-state index contributed by atoms with van der Waals surface area (Å²) in [5.41, 5.74) is 5.29. The molecule has 0 bridgehead atoms. The zero-order valence-electron chi connectivity index (χ0n) is 16.2. The maximum absolute atomic E-state index is 13.9. The molecule has 0 radical (unpaired) electrons. The summed E-state index contributed by atoms with van der Waals surface area (Å²) in [6, 6.07) is 0.650. The Hall–Kier alpha value is -1.65. The third-order valence-corrected chi connectivity index (χ3v) is 5.94. The van der Waals surface area contributed by atoms with Crippen molar-refractivity contribution in [3.63, 3.8) is 0 Å². The van der Waals surface area contributed by atoms with Gasteiger partial charge in [-0.15, -0.1) is 0 Å². The van der Waals surface area contributed by atoms with Gasteiger partial charge in [-0.25, -0.2) is 9.78 Å². The fourth-order valence-corrected chi connectivity index (χ4v) is 3.72. The number of carbonyl (C=O) groups excluding carboxylic acids is 2. The van der Waals surface area contributed by atoms with E-state index in [2.05, 4.69) is 15.6 Å². The number of amides is 2. The van der Waals surface area contributed by atoms with Crippen molar-refractivity contribution in [3.05, 3.63) is 15.6 Å². The molecule has 1 heterocycles. The number of pyridine rings is 1. The summed E-state index contributed by atoms with van der Waals surface area (Å²) in [4.78, 5) is 29.1. The largest absolute Gasteiger partial charge is 0.444 e. The number of nitrogens with two attached hydrogens (primary N) is 1. The number of halogens is 2. The molecule has 4 N–H and O–H groups in total. The Morgan fingerprint density at radius 3 is 2.32 bits per heavy atom. The number of hydrogen-bond acceptors (Lipinski definition) is 5. The first-order valence-corrected chi connectivity index (χ1v) is 10.5. The van der Waals surface area contributed by atoms with E-state index in [4.69, 9.17) is 10.5 Å². The summed E-state index contributed by atoms with van der Waals surface area (Å²) < 4.78 is 19.4. The van der Waals surface area contributed by atoms with Crippen molar-refractivity contribution in [2.75, 3.05) is 11.1 Å². The molecule has 7 nitrogen and oxygen atoms in total. The molecule has 0 aliphatic heterocycles. The highest BCUT2D eigenvalue weighted by Gasteiger charge is 2.48. The van der Waals surface area contributed by atoms with Gasteiger partial charge in [0.25, 0.3) is 0 Å². The molecule has 2 fully saturated rings. The molecule has 9 heteroatoms. The van der Waals surface area contributed by atoms with Crippen molar-refractivity contribution in [2.45, 2.75) is 58.1 Å². The zero-order valence-corrected chi connectivity index (χ0v) is 18.4. The van der Waals surface area contributed by atoms with Crippen LogP contribution in [0.1, 0.15) is 46.5 Å². The highest BCUT2D eigenvalue weighted by Crippen LogP contribution is 2.50. The fraction of sp³-hybridized carbons (Fsp3) is 0.632. The summed E-state index contributed by atoms with van der Waals surface area (Å²) in [5.74, 6) is -0.287. The van der Waals surface area contributed by atoms with E-state index in [1.54, 1.807) is 43.4 Å². The van der Waals surface area contributed by atoms with Crippen LogP contribution >= 0.6 is 22.6 Å². The molecule has 1 aromatic rings. The van der Waals surface area contributed by atoms with Gasteiger partial charge in [0.05, 0.1) is 9.26 Å². The number of aromatic nitrogens is 1. The Labute approximate surface area is 177 Å². The van der Waals surface area contributed by atoms with Gasteiger partial charge >= 0.3 is 6.09 Å². The van der Waals surface area contributed by atoms with Gasteiger partial charge in [-0.1, -0.05) is 0 Å². The first-order chi connectivity index (χ1) is 13.0. The topological polar surface area (TPSA) is 106 Å². The van der Waals surface area contributed by atoms with Crippen LogP contribution in [0.5, 0.6) is 0 Å². The second kappa shape index (κ2) is 8.00. The van der Waals surface area contributed by atoms with E-state index in [9.17, 15) is 14.0 Å². The van der Waals surface area contributed by atoms with E-state index in [1.165, 1.54) is 6.07 Å². The number of anilines is 2. The smallest absolute Gasteiger partial charge is 0.408 e. The lowest BCUT2D eigenvalue weighted by Gasteiger charge is -2.29. The minimum absolute atomic E-state index is 0.0294. The van der Waals surface area contributed by atoms with Gasteiger partial charge in [-0.2, -0.15) is 4.39 Å². The predicted molar refractivity (Wildman–Crippen MR) is 112 cm³/mol. The average Bonchev–Trinajstić information content (AvgIpc) is 3.44. The molecule has 0 saturated heterocycles. The molecular weight excluding hydrogens is 478 g/mol. The molecule has 2 aliphatic rings. The van der Waals surface area contributed by atoms with Crippen LogP contribution in [0, 0.1) is 27.3 Å². The van der Waals surface area contributed by atoms with Gasteiger partial charge in [0.1, 0.15) is 17.5 Å². The second-order valence-electron chi connectivity index (χ2n) is 8.57. The average molecular weight is 504 g/mol. The van der Waals surface area contributed by atoms with E-state index in [0.29, 0.717) is 11.8 Å². The van der Waals surface area contributed by atoms with Gasteiger partial charge in [0.15, 0.2) is 0 Å². The van der Waals surface area contributed by atoms with Crippen LogP contribution < -0.4 is 16.4 Å². The predicted octanol–water partition coefficient (Wildman–Crippen LogP) is 3.68. The minimum atomic E-state index is -0.764. The third-order valence-electron chi connectivity index (χ3n) is 4.87. The van der Waals surface area contributed by atoms with Crippen LogP contribution in [0.15, 0.2) is 6.07 Å².